The Bertz CT molecular complexity index is 1470. The Morgan fingerprint density at radius 1 is 1.03 bits per heavy atom. The second kappa shape index (κ2) is 11.3. The fourth-order valence-corrected chi connectivity index (χ4v) is 4.12. The highest BCUT2D eigenvalue weighted by Crippen LogP contribution is 2.29. The standard InChI is InChI=1S/C28H24BrN3O6/c1-16-4-5-17(2)23(12-16)30-25(33)15-38-24-11-6-19(29)13-18(24)14-22-26(34)31-28(36)32(27(22)35)20-7-9-21(37-3)10-8-20/h4-14H,15H2,1-3H3,(H,30,33)(H,31,34,36)/b22-14+. The van der Waals surface area contributed by atoms with Crippen LogP contribution in [-0.2, 0) is 14.4 Å². The lowest BCUT2D eigenvalue weighted by Gasteiger charge is -2.26. The fraction of sp³-hybridized carbons (Fsp3) is 0.143. The Morgan fingerprint density at radius 3 is 2.47 bits per heavy atom. The van der Waals surface area contributed by atoms with E-state index in [1.54, 1.807) is 30.3 Å². The molecule has 194 valence electrons. The molecule has 3 aromatic rings. The van der Waals surface area contributed by atoms with Crippen LogP contribution < -0.4 is 25.0 Å². The lowest BCUT2D eigenvalue weighted by atomic mass is 10.1. The topological polar surface area (TPSA) is 114 Å². The molecule has 1 fully saturated rings. The highest BCUT2D eigenvalue weighted by atomic mass is 79.9. The van der Waals surface area contributed by atoms with E-state index in [1.807, 2.05) is 32.0 Å². The van der Waals surface area contributed by atoms with Gasteiger partial charge in [0.2, 0.25) is 0 Å². The van der Waals surface area contributed by atoms with E-state index in [0.717, 1.165) is 16.0 Å². The molecule has 0 saturated carbocycles. The maximum Gasteiger partial charge on any atom is 0.335 e. The minimum absolute atomic E-state index is 0.264. The van der Waals surface area contributed by atoms with Gasteiger partial charge in [-0.2, -0.15) is 0 Å². The highest BCUT2D eigenvalue weighted by Gasteiger charge is 2.37. The molecule has 2 N–H and O–H groups in total. The first-order chi connectivity index (χ1) is 18.2. The molecule has 3 aromatic carbocycles. The van der Waals surface area contributed by atoms with E-state index < -0.39 is 17.8 Å². The van der Waals surface area contributed by atoms with Crippen LogP contribution in [0.2, 0.25) is 0 Å². The molecule has 38 heavy (non-hydrogen) atoms. The van der Waals surface area contributed by atoms with Crippen LogP contribution in [0.1, 0.15) is 16.7 Å². The van der Waals surface area contributed by atoms with Crippen LogP contribution in [0, 0.1) is 13.8 Å². The Kier molecular flexibility index (Phi) is 7.92. The van der Waals surface area contributed by atoms with Crippen molar-refractivity contribution in [2.24, 2.45) is 0 Å². The van der Waals surface area contributed by atoms with E-state index in [2.05, 4.69) is 26.6 Å². The van der Waals surface area contributed by atoms with Gasteiger partial charge in [0.1, 0.15) is 17.1 Å². The summed E-state index contributed by atoms with van der Waals surface area (Å²) in [6, 6.07) is 16.1. The smallest absolute Gasteiger partial charge is 0.335 e. The minimum Gasteiger partial charge on any atom is -0.497 e. The Hall–Kier alpha value is -4.44. The number of hydrogen-bond acceptors (Lipinski definition) is 6. The van der Waals surface area contributed by atoms with Crippen molar-refractivity contribution in [1.29, 1.82) is 0 Å². The van der Waals surface area contributed by atoms with Gasteiger partial charge < -0.3 is 14.8 Å². The second-order valence-corrected chi connectivity index (χ2v) is 9.41. The number of barbiturate groups is 1. The number of rotatable bonds is 7. The summed E-state index contributed by atoms with van der Waals surface area (Å²) in [5.74, 6) is -1.21. The van der Waals surface area contributed by atoms with Gasteiger partial charge in [-0.25, -0.2) is 9.69 Å². The van der Waals surface area contributed by atoms with Gasteiger partial charge in [0.05, 0.1) is 12.8 Å². The predicted molar refractivity (Wildman–Crippen MR) is 146 cm³/mol. The third-order valence-electron chi connectivity index (χ3n) is 5.73. The van der Waals surface area contributed by atoms with Crippen molar-refractivity contribution in [3.63, 3.8) is 0 Å². The number of carbonyl (C=O) groups excluding carboxylic acids is 4. The monoisotopic (exact) mass is 577 g/mol. The van der Waals surface area contributed by atoms with Crippen LogP contribution in [-0.4, -0.2) is 37.5 Å². The van der Waals surface area contributed by atoms with Gasteiger partial charge in [-0.05, 0) is 79.6 Å². The summed E-state index contributed by atoms with van der Waals surface area (Å²) < 4.78 is 11.5. The van der Waals surface area contributed by atoms with Crippen LogP contribution in [0.4, 0.5) is 16.2 Å². The van der Waals surface area contributed by atoms with Crippen LogP contribution in [0.5, 0.6) is 11.5 Å². The number of nitrogens with zero attached hydrogens (tertiary/aromatic N) is 1. The predicted octanol–water partition coefficient (Wildman–Crippen LogP) is 4.76. The molecule has 9 nitrogen and oxygen atoms in total. The summed E-state index contributed by atoms with van der Waals surface area (Å²) in [6.07, 6.45) is 1.32. The summed E-state index contributed by atoms with van der Waals surface area (Å²) in [5.41, 5.74) is 2.96. The number of halogens is 1. The normalized spacial score (nSPS) is 14.4. The molecule has 10 heteroatoms. The van der Waals surface area contributed by atoms with Crippen LogP contribution in [0.15, 0.2) is 70.7 Å². The molecule has 0 radical (unpaired) electrons. The quantitative estimate of drug-likeness (QED) is 0.309. The fourth-order valence-electron chi connectivity index (χ4n) is 3.74. The molecule has 1 aliphatic rings. The number of urea groups is 1. The van der Waals surface area contributed by atoms with E-state index in [1.165, 1.54) is 25.3 Å². The van der Waals surface area contributed by atoms with Crippen molar-refractivity contribution in [2.45, 2.75) is 13.8 Å². The molecular formula is C28H24BrN3O6. The van der Waals surface area contributed by atoms with Gasteiger partial charge in [-0.15, -0.1) is 0 Å². The van der Waals surface area contributed by atoms with Crippen molar-refractivity contribution >= 4 is 57.1 Å². The largest absolute Gasteiger partial charge is 0.497 e. The number of amides is 5. The van der Waals surface area contributed by atoms with Gasteiger partial charge in [0, 0.05) is 15.7 Å². The Labute approximate surface area is 227 Å². The van der Waals surface area contributed by atoms with Crippen molar-refractivity contribution in [2.75, 3.05) is 23.9 Å². The average molecular weight is 578 g/mol. The number of benzene rings is 3. The van der Waals surface area contributed by atoms with Crippen LogP contribution in [0.25, 0.3) is 6.08 Å². The number of imide groups is 2. The summed E-state index contributed by atoms with van der Waals surface area (Å²) in [5, 5.41) is 5.01. The van der Waals surface area contributed by atoms with E-state index in [0.29, 0.717) is 21.5 Å². The van der Waals surface area contributed by atoms with E-state index in [9.17, 15) is 19.2 Å². The zero-order chi connectivity index (χ0) is 27.4. The SMILES string of the molecule is COc1ccc(N2C(=O)NC(=O)/C(=C\c3cc(Br)ccc3OCC(=O)Nc3cc(C)ccc3C)C2=O)cc1. The van der Waals surface area contributed by atoms with Crippen molar-refractivity contribution in [1.82, 2.24) is 5.32 Å². The summed E-state index contributed by atoms with van der Waals surface area (Å²) in [4.78, 5) is 51.8. The zero-order valence-corrected chi connectivity index (χ0v) is 22.4. The van der Waals surface area contributed by atoms with Gasteiger partial charge in [0.25, 0.3) is 17.7 Å². The van der Waals surface area contributed by atoms with Crippen LogP contribution in [0.3, 0.4) is 0 Å². The number of hydrogen-bond donors (Lipinski definition) is 2. The van der Waals surface area contributed by atoms with Crippen molar-refractivity contribution in [3.8, 4) is 11.5 Å². The Balaban J connectivity index is 1.58. The molecule has 0 atom stereocenters. The second-order valence-electron chi connectivity index (χ2n) is 8.49. The molecule has 1 aliphatic heterocycles. The molecule has 0 spiro atoms. The lowest BCUT2D eigenvalue weighted by molar-refractivity contribution is -0.122. The number of ether oxygens (including phenoxy) is 2. The van der Waals surface area contributed by atoms with Gasteiger partial charge in [-0.3, -0.25) is 19.7 Å². The van der Waals surface area contributed by atoms with Crippen LogP contribution >= 0.6 is 15.9 Å². The van der Waals surface area contributed by atoms with E-state index in [4.69, 9.17) is 9.47 Å². The first-order valence-electron chi connectivity index (χ1n) is 11.5. The third-order valence-corrected chi connectivity index (χ3v) is 6.22. The number of carbonyl (C=O) groups is 4. The van der Waals surface area contributed by atoms with E-state index >= 15 is 0 Å². The van der Waals surface area contributed by atoms with Crippen molar-refractivity contribution in [3.05, 3.63) is 87.4 Å². The zero-order valence-electron chi connectivity index (χ0n) is 20.8. The molecule has 0 bridgehead atoms. The van der Waals surface area contributed by atoms with Gasteiger partial charge in [0.15, 0.2) is 6.61 Å². The minimum atomic E-state index is -0.865. The summed E-state index contributed by atoms with van der Waals surface area (Å²) >= 11 is 3.38. The molecule has 5 amide bonds. The molecule has 1 heterocycles. The van der Waals surface area contributed by atoms with Crippen molar-refractivity contribution < 1.29 is 28.7 Å². The number of anilines is 2. The highest BCUT2D eigenvalue weighted by molar-refractivity contribution is 9.10. The maximum atomic E-state index is 13.3. The number of methoxy groups -OCH3 is 1. The van der Waals surface area contributed by atoms with Gasteiger partial charge in [-0.1, -0.05) is 28.1 Å². The first-order valence-corrected chi connectivity index (χ1v) is 12.3. The lowest BCUT2D eigenvalue weighted by Crippen LogP contribution is -2.54. The Morgan fingerprint density at radius 2 is 1.76 bits per heavy atom. The van der Waals surface area contributed by atoms with Gasteiger partial charge >= 0.3 is 6.03 Å². The maximum absolute atomic E-state index is 13.3. The first kappa shape index (κ1) is 26.6. The summed E-state index contributed by atoms with van der Waals surface area (Å²) in [7, 11) is 1.50. The molecule has 0 aromatic heterocycles. The number of nitrogens with one attached hydrogen (secondary N) is 2. The molecule has 1 saturated heterocycles. The third kappa shape index (κ3) is 5.92. The van der Waals surface area contributed by atoms with E-state index in [-0.39, 0.29) is 29.5 Å². The summed E-state index contributed by atoms with van der Waals surface area (Å²) in [6.45, 7) is 3.52. The molecule has 4 rings (SSSR count). The average Bonchev–Trinajstić information content (AvgIpc) is 2.88. The molecular weight excluding hydrogens is 554 g/mol. The molecule has 0 unspecified atom stereocenters. The number of aryl methyl sites for hydroxylation is 2. The molecule has 0 aliphatic carbocycles.